The molecule has 0 bridgehead atoms. The fourth-order valence-electron chi connectivity index (χ4n) is 4.61. The number of amides is 1. The molecule has 3 N–H and O–H groups in total. The lowest BCUT2D eigenvalue weighted by atomic mass is 10.1. The standard InChI is InChI=1S/C27H30N10O4/c1-5-20(40-3)21-19(15-29-22(21)24(28)36-16-30-17(2)32-36)23(38)25(39)34-11-13-35(14-12-34)27-31-26(41-4)33-37(27)18-9-7-6-8-10-18/h5-10,15-16,29H,1,11-14,28H2,2-4H3/b21-20+,24-22-. The van der Waals surface area contributed by atoms with Crippen LogP contribution in [0.5, 0.6) is 6.01 Å². The van der Waals surface area contributed by atoms with Crippen LogP contribution in [0, 0.1) is 6.92 Å². The van der Waals surface area contributed by atoms with E-state index in [1.54, 1.807) is 11.6 Å². The number of hydrogen-bond acceptors (Lipinski definition) is 10. The summed E-state index contributed by atoms with van der Waals surface area (Å²) in [6.07, 6.45) is 4.34. The second kappa shape index (κ2) is 11.4. The molecule has 1 aliphatic rings. The van der Waals surface area contributed by atoms with Gasteiger partial charge in [-0.15, -0.1) is 5.10 Å². The molecule has 0 saturated carbocycles. The number of H-pyrrole nitrogens is 1. The number of aromatic nitrogens is 7. The molecule has 3 aromatic heterocycles. The average Bonchev–Trinajstić information content (AvgIpc) is 3.76. The number of carbonyl (C=O) groups excluding carboxylic acids is 2. The van der Waals surface area contributed by atoms with Gasteiger partial charge in [-0.05, 0) is 25.1 Å². The summed E-state index contributed by atoms with van der Waals surface area (Å²) >= 11 is 0. The zero-order chi connectivity index (χ0) is 29.1. The van der Waals surface area contributed by atoms with Gasteiger partial charge in [-0.3, -0.25) is 9.59 Å². The fourth-order valence-corrected chi connectivity index (χ4v) is 4.61. The van der Waals surface area contributed by atoms with Crippen LogP contribution >= 0.6 is 0 Å². The van der Waals surface area contributed by atoms with Crippen LogP contribution in [0.4, 0.5) is 5.95 Å². The smallest absolute Gasteiger partial charge is 0.337 e. The van der Waals surface area contributed by atoms with E-state index in [0.29, 0.717) is 48.5 Å². The van der Waals surface area contributed by atoms with Crippen molar-refractivity contribution < 1.29 is 19.1 Å². The Kier molecular flexibility index (Phi) is 7.54. The monoisotopic (exact) mass is 558 g/mol. The van der Waals surface area contributed by atoms with Crippen molar-refractivity contribution in [3.63, 3.8) is 0 Å². The number of Topliss-reactive ketones (excluding diaryl/α,β-unsaturated/α-hetero) is 1. The molecule has 1 saturated heterocycles. The zero-order valence-corrected chi connectivity index (χ0v) is 22.9. The lowest BCUT2D eigenvalue weighted by Crippen LogP contribution is -2.51. The highest BCUT2D eigenvalue weighted by Gasteiger charge is 2.31. The predicted octanol–water partition coefficient (Wildman–Crippen LogP) is -0.451. The first kappa shape index (κ1) is 27.2. The highest BCUT2D eigenvalue weighted by atomic mass is 16.5. The van der Waals surface area contributed by atoms with Gasteiger partial charge < -0.3 is 30.0 Å². The van der Waals surface area contributed by atoms with E-state index < -0.39 is 11.7 Å². The maximum Gasteiger partial charge on any atom is 0.337 e. The average molecular weight is 559 g/mol. The Morgan fingerprint density at radius 3 is 2.44 bits per heavy atom. The van der Waals surface area contributed by atoms with Gasteiger partial charge in [0.15, 0.2) is 5.82 Å². The van der Waals surface area contributed by atoms with Crippen molar-refractivity contribution in [1.82, 2.24) is 39.4 Å². The van der Waals surface area contributed by atoms with Gasteiger partial charge in [-0.2, -0.15) is 14.8 Å². The number of hydrogen-bond donors (Lipinski definition) is 2. The van der Waals surface area contributed by atoms with E-state index in [9.17, 15) is 9.59 Å². The number of nitrogens with two attached hydrogens (primary N) is 1. The van der Waals surface area contributed by atoms with Gasteiger partial charge in [-0.1, -0.05) is 24.8 Å². The van der Waals surface area contributed by atoms with Crippen molar-refractivity contribution >= 4 is 29.2 Å². The van der Waals surface area contributed by atoms with Gasteiger partial charge in [-0.25, -0.2) is 9.67 Å². The van der Waals surface area contributed by atoms with Gasteiger partial charge >= 0.3 is 6.01 Å². The predicted molar refractivity (Wildman–Crippen MR) is 149 cm³/mol. The van der Waals surface area contributed by atoms with Crippen molar-refractivity contribution in [2.45, 2.75) is 6.92 Å². The van der Waals surface area contributed by atoms with Crippen LogP contribution in [0.2, 0.25) is 0 Å². The molecule has 1 amide bonds. The quantitative estimate of drug-likeness (QED) is 0.214. The maximum absolute atomic E-state index is 13.6. The number of benzene rings is 1. The van der Waals surface area contributed by atoms with Gasteiger partial charge in [0.2, 0.25) is 5.95 Å². The minimum atomic E-state index is -0.705. The second-order valence-corrected chi connectivity index (χ2v) is 9.10. The summed E-state index contributed by atoms with van der Waals surface area (Å²) < 4.78 is 13.8. The zero-order valence-electron chi connectivity index (χ0n) is 22.9. The minimum absolute atomic E-state index is 0.109. The molecule has 212 valence electrons. The van der Waals surface area contributed by atoms with E-state index in [2.05, 4.69) is 31.7 Å². The molecule has 41 heavy (non-hydrogen) atoms. The topological polar surface area (TPSA) is 162 Å². The Balaban J connectivity index is 1.41. The van der Waals surface area contributed by atoms with Gasteiger partial charge in [0.1, 0.15) is 17.9 Å². The molecule has 0 unspecified atom stereocenters. The van der Waals surface area contributed by atoms with E-state index in [1.165, 1.54) is 42.4 Å². The Morgan fingerprint density at radius 1 is 1.10 bits per heavy atom. The number of ketones is 1. The number of rotatable bonds is 8. The van der Waals surface area contributed by atoms with Crippen LogP contribution < -0.4 is 25.9 Å². The number of nitrogens with one attached hydrogen (secondary N) is 1. The summed E-state index contributed by atoms with van der Waals surface area (Å²) in [7, 11) is 2.95. The number of aromatic amines is 1. The van der Waals surface area contributed by atoms with Crippen molar-refractivity contribution in [3.8, 4) is 11.7 Å². The first-order valence-corrected chi connectivity index (χ1v) is 12.8. The molecule has 0 atom stereocenters. The highest BCUT2D eigenvalue weighted by molar-refractivity contribution is 6.42. The van der Waals surface area contributed by atoms with Crippen LogP contribution in [0.15, 0.2) is 55.5 Å². The highest BCUT2D eigenvalue weighted by Crippen LogP contribution is 2.22. The van der Waals surface area contributed by atoms with Crippen LogP contribution in [0.1, 0.15) is 16.2 Å². The minimum Gasteiger partial charge on any atom is -0.496 e. The molecular formula is C27H30N10O4. The van der Waals surface area contributed by atoms with Crippen LogP contribution in [-0.2, 0) is 9.53 Å². The lowest BCUT2D eigenvalue weighted by Gasteiger charge is -2.34. The molecule has 1 aliphatic heterocycles. The van der Waals surface area contributed by atoms with E-state index in [4.69, 9.17) is 15.2 Å². The maximum atomic E-state index is 13.6. The third-order valence-electron chi connectivity index (χ3n) is 6.68. The van der Waals surface area contributed by atoms with Crippen LogP contribution in [-0.4, -0.2) is 91.5 Å². The summed E-state index contributed by atoms with van der Waals surface area (Å²) in [6, 6.07) is 9.81. The SMILES string of the molecule is C=C/C(OC)=c1/c(C(=O)C(=O)N2CCN(c3nc(OC)nn3-c3ccccc3)CC2)c[nH]/c1=C(/N)n1cnc(C)n1. The normalized spacial score (nSPS) is 14.9. The Hall–Kier alpha value is -5.40. The van der Waals surface area contributed by atoms with Gasteiger partial charge in [0, 0.05) is 32.4 Å². The number of anilines is 1. The largest absolute Gasteiger partial charge is 0.496 e. The number of nitrogens with zero attached hydrogens (tertiary/aromatic N) is 8. The number of ether oxygens (including phenoxy) is 2. The summed E-state index contributed by atoms with van der Waals surface area (Å²) in [5, 5.41) is 9.33. The Bertz CT molecular complexity index is 1710. The summed E-state index contributed by atoms with van der Waals surface area (Å²) in [6.45, 7) is 6.99. The van der Waals surface area contributed by atoms with Crippen LogP contribution in [0.25, 0.3) is 17.3 Å². The Morgan fingerprint density at radius 2 is 1.83 bits per heavy atom. The molecule has 5 rings (SSSR count). The van der Waals surface area contributed by atoms with Crippen molar-refractivity contribution in [2.75, 3.05) is 45.3 Å². The molecular weight excluding hydrogens is 528 g/mol. The third-order valence-corrected chi connectivity index (χ3v) is 6.68. The van der Waals surface area contributed by atoms with E-state index in [0.717, 1.165) is 5.69 Å². The fraction of sp³-hybridized carbons (Fsp3) is 0.259. The van der Waals surface area contributed by atoms with Gasteiger partial charge in [0.05, 0.1) is 36.0 Å². The second-order valence-electron chi connectivity index (χ2n) is 9.10. The first-order valence-electron chi connectivity index (χ1n) is 12.8. The molecule has 0 spiro atoms. The summed E-state index contributed by atoms with van der Waals surface area (Å²) in [5.74, 6) is 0.207. The first-order chi connectivity index (χ1) is 19.9. The molecule has 1 aromatic carbocycles. The van der Waals surface area contributed by atoms with E-state index in [-0.39, 0.29) is 23.2 Å². The number of methoxy groups -OCH3 is 2. The molecule has 14 nitrogen and oxygen atoms in total. The number of carbonyl (C=O) groups is 2. The molecule has 1 fully saturated rings. The third kappa shape index (κ3) is 5.14. The molecule has 0 radical (unpaired) electrons. The number of para-hydroxylation sites is 1. The van der Waals surface area contributed by atoms with E-state index in [1.807, 2.05) is 35.2 Å². The summed E-state index contributed by atoms with van der Waals surface area (Å²) in [4.78, 5) is 42.1. The summed E-state index contributed by atoms with van der Waals surface area (Å²) in [5.41, 5.74) is 7.29. The van der Waals surface area contributed by atoms with Crippen molar-refractivity contribution in [2.24, 2.45) is 5.73 Å². The van der Waals surface area contributed by atoms with Crippen molar-refractivity contribution in [1.29, 1.82) is 0 Å². The molecule has 14 heteroatoms. The Labute approximate surface area is 235 Å². The number of aryl methyl sites for hydroxylation is 1. The van der Waals surface area contributed by atoms with E-state index >= 15 is 0 Å². The van der Waals surface area contributed by atoms with Crippen LogP contribution in [0.3, 0.4) is 0 Å². The van der Waals surface area contributed by atoms with Crippen molar-refractivity contribution in [3.05, 3.63) is 77.5 Å². The number of piperazine rings is 1. The lowest BCUT2D eigenvalue weighted by molar-refractivity contribution is -0.126. The van der Waals surface area contributed by atoms with Gasteiger partial charge in [0.25, 0.3) is 11.7 Å². The molecule has 0 aliphatic carbocycles. The molecule has 4 heterocycles. The molecule has 4 aromatic rings.